The first-order valence-corrected chi connectivity index (χ1v) is 12.6. The van der Waals surface area contributed by atoms with Gasteiger partial charge in [-0.05, 0) is 24.8 Å². The molecule has 2 aromatic rings. The lowest BCUT2D eigenvalue weighted by molar-refractivity contribution is -0.147. The maximum Gasteiger partial charge on any atom is 0.326 e. The molecule has 0 aliphatic rings. The van der Waals surface area contributed by atoms with Crippen LogP contribution < -0.4 is 33.2 Å². The fourth-order valence-electron chi connectivity index (χ4n) is 3.76. The Labute approximate surface area is 235 Å². The molecule has 0 bridgehead atoms. The van der Waals surface area contributed by atoms with E-state index in [0.29, 0.717) is 5.69 Å². The highest BCUT2D eigenvalue weighted by Gasteiger charge is 2.31. The van der Waals surface area contributed by atoms with Gasteiger partial charge in [-0.25, -0.2) is 9.78 Å². The zero-order valence-corrected chi connectivity index (χ0v) is 22.2. The monoisotopic (exact) mass is 573 g/mol. The summed E-state index contributed by atoms with van der Waals surface area (Å²) in [5, 5.41) is 25.6. The lowest BCUT2D eigenvalue weighted by Crippen LogP contribution is -2.58. The van der Waals surface area contributed by atoms with Crippen LogP contribution >= 0.6 is 0 Å². The van der Waals surface area contributed by atoms with Gasteiger partial charge < -0.3 is 48.3 Å². The topological polar surface area (TPSA) is 281 Å². The van der Waals surface area contributed by atoms with Crippen LogP contribution in [0.15, 0.2) is 47.8 Å². The highest BCUT2D eigenvalue weighted by molar-refractivity contribution is 5.94. The lowest BCUT2D eigenvalue weighted by atomic mass is 10.0. The average Bonchev–Trinajstić information content (AvgIpc) is 3.42. The summed E-state index contributed by atoms with van der Waals surface area (Å²) in [7, 11) is 0. The van der Waals surface area contributed by atoms with Crippen LogP contribution in [0.4, 0.5) is 0 Å². The normalized spacial score (nSPS) is 13.6. The minimum atomic E-state index is -1.74. The summed E-state index contributed by atoms with van der Waals surface area (Å²) in [6.45, 7) is 0.158. The third-order valence-corrected chi connectivity index (χ3v) is 5.82. The number of nitrogens with one attached hydrogen (secondary N) is 4. The van der Waals surface area contributed by atoms with Crippen molar-refractivity contribution in [1.82, 2.24) is 25.9 Å². The average molecular weight is 574 g/mol. The number of imidazole rings is 1. The quantitative estimate of drug-likeness (QED) is 0.0545. The Bertz CT molecular complexity index is 1200. The Kier molecular flexibility index (Phi) is 12.7. The molecule has 0 unspecified atom stereocenters. The zero-order valence-electron chi connectivity index (χ0n) is 22.2. The van der Waals surface area contributed by atoms with Gasteiger partial charge in [0.25, 0.3) is 0 Å². The second-order valence-corrected chi connectivity index (χ2v) is 9.15. The first-order chi connectivity index (χ1) is 19.5. The van der Waals surface area contributed by atoms with E-state index >= 15 is 0 Å². The molecule has 0 saturated heterocycles. The molecule has 16 nitrogen and oxygen atoms in total. The van der Waals surface area contributed by atoms with Crippen LogP contribution in [-0.4, -0.2) is 86.5 Å². The number of amides is 3. The highest BCUT2D eigenvalue weighted by atomic mass is 16.4. The Morgan fingerprint density at radius 3 is 2.12 bits per heavy atom. The Hall–Kier alpha value is -4.99. The second-order valence-electron chi connectivity index (χ2n) is 9.15. The molecule has 0 aliphatic heterocycles. The zero-order chi connectivity index (χ0) is 30.4. The van der Waals surface area contributed by atoms with E-state index in [2.05, 4.69) is 30.9 Å². The van der Waals surface area contributed by atoms with Crippen molar-refractivity contribution in [3.8, 4) is 0 Å². The Morgan fingerprint density at radius 2 is 1.54 bits per heavy atom. The maximum absolute atomic E-state index is 13.4. The number of rotatable bonds is 17. The number of benzene rings is 1. The van der Waals surface area contributed by atoms with Crippen LogP contribution in [0.5, 0.6) is 0 Å². The molecule has 16 heteroatoms. The molecule has 2 rings (SSSR count). The second kappa shape index (κ2) is 16.2. The van der Waals surface area contributed by atoms with Gasteiger partial charge in [-0.3, -0.25) is 24.2 Å². The van der Waals surface area contributed by atoms with Gasteiger partial charge in [0.2, 0.25) is 17.7 Å². The van der Waals surface area contributed by atoms with Gasteiger partial charge in [-0.2, -0.15) is 0 Å². The predicted molar refractivity (Wildman–Crippen MR) is 146 cm³/mol. The van der Waals surface area contributed by atoms with Crippen molar-refractivity contribution < 1.29 is 34.2 Å². The van der Waals surface area contributed by atoms with Crippen molar-refractivity contribution >= 4 is 35.6 Å². The van der Waals surface area contributed by atoms with Gasteiger partial charge >= 0.3 is 11.9 Å². The third-order valence-electron chi connectivity index (χ3n) is 5.82. The summed E-state index contributed by atoms with van der Waals surface area (Å²) >= 11 is 0. The minimum Gasteiger partial charge on any atom is -0.481 e. The number of aliphatic carboxylic acids is 2. The molecule has 0 radical (unpaired) electrons. The predicted octanol–water partition coefficient (Wildman–Crippen LogP) is -2.41. The van der Waals surface area contributed by atoms with Gasteiger partial charge in [0.05, 0.1) is 18.8 Å². The van der Waals surface area contributed by atoms with E-state index in [1.807, 2.05) is 6.07 Å². The number of guanidine groups is 1. The van der Waals surface area contributed by atoms with Gasteiger partial charge in [0.1, 0.15) is 18.1 Å². The molecular weight excluding hydrogens is 538 g/mol. The number of carboxylic acid groups (broad SMARTS) is 2. The number of aliphatic imine (C=N–C) groups is 1. The van der Waals surface area contributed by atoms with E-state index in [0.717, 1.165) is 5.56 Å². The van der Waals surface area contributed by atoms with E-state index in [1.165, 1.54) is 12.5 Å². The van der Waals surface area contributed by atoms with Crippen LogP contribution in [0.25, 0.3) is 0 Å². The van der Waals surface area contributed by atoms with Crippen molar-refractivity contribution in [3.05, 3.63) is 54.1 Å². The van der Waals surface area contributed by atoms with Gasteiger partial charge in [0, 0.05) is 24.9 Å². The molecule has 41 heavy (non-hydrogen) atoms. The molecule has 0 fully saturated rings. The number of carbonyl (C=O) groups is 5. The fourth-order valence-corrected chi connectivity index (χ4v) is 3.76. The van der Waals surface area contributed by atoms with Crippen LogP contribution in [0.2, 0.25) is 0 Å². The van der Waals surface area contributed by atoms with E-state index in [1.54, 1.807) is 24.3 Å². The van der Waals surface area contributed by atoms with Crippen LogP contribution in [0.3, 0.4) is 0 Å². The molecule has 4 atom stereocenters. The lowest BCUT2D eigenvalue weighted by Gasteiger charge is -2.25. The van der Waals surface area contributed by atoms with Crippen molar-refractivity contribution in [2.45, 2.75) is 56.3 Å². The van der Waals surface area contributed by atoms with E-state index < -0.39 is 60.2 Å². The van der Waals surface area contributed by atoms with Crippen LogP contribution in [0, 0.1) is 0 Å². The fraction of sp³-hybridized carbons (Fsp3) is 0.400. The van der Waals surface area contributed by atoms with Gasteiger partial charge in [-0.15, -0.1) is 0 Å². The first-order valence-electron chi connectivity index (χ1n) is 12.6. The largest absolute Gasteiger partial charge is 0.481 e. The summed E-state index contributed by atoms with van der Waals surface area (Å²) in [6.07, 6.45) is 2.28. The van der Waals surface area contributed by atoms with Crippen molar-refractivity contribution in [1.29, 1.82) is 0 Å². The molecule has 3 amide bonds. The molecule has 0 spiro atoms. The van der Waals surface area contributed by atoms with Gasteiger partial charge in [-0.1, -0.05) is 30.3 Å². The van der Waals surface area contributed by atoms with Crippen LogP contribution in [0.1, 0.15) is 30.5 Å². The third kappa shape index (κ3) is 11.7. The molecule has 0 saturated carbocycles. The summed E-state index contributed by atoms with van der Waals surface area (Å²) in [4.78, 5) is 72.3. The van der Waals surface area contributed by atoms with Gasteiger partial charge in [0.15, 0.2) is 5.96 Å². The molecular formula is C25H35N9O7. The molecule has 222 valence electrons. The first kappa shape index (κ1) is 32.2. The molecule has 12 N–H and O–H groups in total. The standard InChI is InChI=1S/C25H35N9O7/c26-16(9-14-5-2-1-3-6-14)21(37)32-17(7-4-8-30-25(27)28)22(38)33-18(10-15-12-29-13-31-15)23(39)34-19(24(40)41)11-20(35)36/h1-3,5-6,12-13,16-19H,4,7-11,26H2,(H,29,31)(H,32,37)(H,33,38)(H,34,39)(H,35,36)(H,40,41)(H4,27,28,30)/t16-,17-,18-,19-/m0/s1. The number of aromatic amines is 1. The van der Waals surface area contributed by atoms with E-state index in [-0.39, 0.29) is 38.2 Å². The molecule has 1 aromatic carbocycles. The number of H-pyrrole nitrogens is 1. The smallest absolute Gasteiger partial charge is 0.326 e. The Balaban J connectivity index is 2.21. The molecule has 0 aliphatic carbocycles. The Morgan fingerprint density at radius 1 is 0.902 bits per heavy atom. The number of hydrogen-bond donors (Lipinski definition) is 9. The van der Waals surface area contributed by atoms with Crippen LogP contribution in [-0.2, 0) is 36.8 Å². The number of hydrogen-bond acceptors (Lipinski definition) is 8. The van der Waals surface area contributed by atoms with Crippen molar-refractivity contribution in [2.24, 2.45) is 22.2 Å². The number of nitrogens with zero attached hydrogens (tertiary/aromatic N) is 2. The minimum absolute atomic E-state index is 0.0710. The van der Waals surface area contributed by atoms with Crippen molar-refractivity contribution in [2.75, 3.05) is 6.54 Å². The maximum atomic E-state index is 13.4. The molecule has 1 aromatic heterocycles. The van der Waals surface area contributed by atoms with Crippen molar-refractivity contribution in [3.63, 3.8) is 0 Å². The SMILES string of the molecule is NC(N)=NCCC[C@H](NC(=O)[C@@H](N)Cc1ccccc1)C(=O)N[C@@H](Cc1cnc[nH]1)C(=O)N[C@@H](CC(=O)O)C(=O)O. The summed E-state index contributed by atoms with van der Waals surface area (Å²) < 4.78 is 0. The number of nitrogens with two attached hydrogens (primary N) is 3. The summed E-state index contributed by atoms with van der Waals surface area (Å²) in [5.41, 5.74) is 18.0. The number of aromatic nitrogens is 2. The van der Waals surface area contributed by atoms with E-state index in [9.17, 15) is 29.1 Å². The summed E-state index contributed by atoms with van der Waals surface area (Å²) in [5.74, 6) is -5.48. The summed E-state index contributed by atoms with van der Waals surface area (Å²) in [6, 6.07) is 3.79. The molecule has 1 heterocycles. The highest BCUT2D eigenvalue weighted by Crippen LogP contribution is 2.07. The number of carbonyl (C=O) groups excluding carboxylic acids is 3. The van der Waals surface area contributed by atoms with E-state index in [4.69, 9.17) is 22.3 Å². The number of carboxylic acids is 2.